The van der Waals surface area contributed by atoms with Gasteiger partial charge in [0, 0.05) is 12.1 Å². The van der Waals surface area contributed by atoms with E-state index in [1.807, 2.05) is 0 Å². The molecule has 0 spiro atoms. The van der Waals surface area contributed by atoms with Crippen LogP contribution in [-0.2, 0) is 0 Å². The van der Waals surface area contributed by atoms with Crippen LogP contribution in [0.2, 0.25) is 0 Å². The molecule has 10 heteroatoms. The molecule has 0 aliphatic carbocycles. The van der Waals surface area contributed by atoms with Crippen molar-refractivity contribution in [2.24, 2.45) is 4.99 Å². The maximum Gasteiger partial charge on any atom is 0.410 e. The van der Waals surface area contributed by atoms with Crippen LogP contribution < -0.4 is 9.47 Å². The zero-order valence-electron chi connectivity index (χ0n) is 11.9. The van der Waals surface area contributed by atoms with E-state index in [9.17, 15) is 20.2 Å². The highest BCUT2D eigenvalue weighted by atomic mass is 16.7. The number of nitro groups is 2. The van der Waals surface area contributed by atoms with Gasteiger partial charge in [0.1, 0.15) is 0 Å². The Hall–Kier alpha value is -4.00. The summed E-state index contributed by atoms with van der Waals surface area (Å²) in [5.74, 6) is -0.454. The molecule has 2 aromatic carbocycles. The van der Waals surface area contributed by atoms with Crippen LogP contribution >= 0.6 is 0 Å². The zero-order valence-corrected chi connectivity index (χ0v) is 11.9. The Labute approximate surface area is 134 Å². The van der Waals surface area contributed by atoms with Crippen molar-refractivity contribution < 1.29 is 19.3 Å². The monoisotopic (exact) mass is 328 g/mol. The summed E-state index contributed by atoms with van der Waals surface area (Å²) in [5.41, 5.74) is -0.761. The summed E-state index contributed by atoms with van der Waals surface area (Å²) in [6, 6.07) is 10.7. The number of benzene rings is 2. The number of ether oxygens (including phenoxy) is 2. The smallest absolute Gasteiger partial charge is 0.403 e. The van der Waals surface area contributed by atoms with Gasteiger partial charge in [0.05, 0.1) is 9.85 Å². The maximum absolute atomic E-state index is 11.0. The highest BCUT2D eigenvalue weighted by Gasteiger charge is 2.21. The van der Waals surface area contributed by atoms with Gasteiger partial charge in [0.25, 0.3) is 0 Å². The van der Waals surface area contributed by atoms with Crippen LogP contribution in [-0.4, -0.2) is 15.9 Å². The third-order valence-corrected chi connectivity index (χ3v) is 2.66. The normalized spacial score (nSPS) is 9.46. The molecule has 24 heavy (non-hydrogen) atoms. The van der Waals surface area contributed by atoms with Crippen LogP contribution in [0, 0.1) is 31.7 Å². The molecule has 0 N–H and O–H groups in total. The Morgan fingerprint density at radius 2 is 1.33 bits per heavy atom. The molecule has 0 amide bonds. The summed E-state index contributed by atoms with van der Waals surface area (Å²) < 4.78 is 10.3. The number of nitrogens with zero attached hydrogens (tertiary/aromatic N) is 4. The maximum atomic E-state index is 11.0. The van der Waals surface area contributed by atoms with E-state index >= 15 is 0 Å². The molecule has 0 unspecified atom stereocenters. The van der Waals surface area contributed by atoms with Crippen LogP contribution in [0.25, 0.3) is 0 Å². The van der Waals surface area contributed by atoms with Gasteiger partial charge in [-0.1, -0.05) is 29.3 Å². The van der Waals surface area contributed by atoms with Crippen molar-refractivity contribution in [1.29, 1.82) is 5.26 Å². The zero-order chi connectivity index (χ0) is 17.5. The molecule has 10 nitrogen and oxygen atoms in total. The van der Waals surface area contributed by atoms with Crippen LogP contribution in [0.4, 0.5) is 11.4 Å². The lowest BCUT2D eigenvalue weighted by Crippen LogP contribution is -2.17. The van der Waals surface area contributed by atoms with Gasteiger partial charge in [0.2, 0.25) is 17.7 Å². The molecule has 2 aromatic rings. The number of nitriles is 1. The molecule has 0 saturated heterocycles. The van der Waals surface area contributed by atoms with Gasteiger partial charge in [-0.3, -0.25) is 20.2 Å². The van der Waals surface area contributed by atoms with Crippen molar-refractivity contribution in [3.63, 3.8) is 0 Å². The molecule has 0 saturated carbocycles. The Balaban J connectivity index is 2.34. The number of hydrogen-bond acceptors (Lipinski definition) is 8. The van der Waals surface area contributed by atoms with E-state index in [1.54, 1.807) is 0 Å². The van der Waals surface area contributed by atoms with E-state index < -0.39 is 15.9 Å². The van der Waals surface area contributed by atoms with Crippen molar-refractivity contribution in [2.75, 3.05) is 0 Å². The van der Waals surface area contributed by atoms with Crippen LogP contribution in [0.5, 0.6) is 11.5 Å². The summed E-state index contributed by atoms with van der Waals surface area (Å²) in [6.07, 6.45) is 0.724. The Bertz CT molecular complexity index is 797. The SMILES string of the molecule is N#CN=C(Oc1ccccc1[N+](=O)[O-])Oc1ccccc1[N+](=O)[O-]. The van der Waals surface area contributed by atoms with Crippen molar-refractivity contribution in [3.05, 3.63) is 68.8 Å². The summed E-state index contributed by atoms with van der Waals surface area (Å²) in [6.45, 7) is 0. The van der Waals surface area contributed by atoms with E-state index in [0.717, 1.165) is 0 Å². The number of rotatable bonds is 4. The molecule has 2 rings (SSSR count). The molecule has 0 heterocycles. The minimum absolute atomic E-state index is 0.227. The van der Waals surface area contributed by atoms with Gasteiger partial charge in [-0.15, -0.1) is 0 Å². The molecule has 0 fully saturated rings. The predicted molar refractivity (Wildman–Crippen MR) is 80.5 cm³/mol. The molecule has 0 aliphatic heterocycles. The second-order valence-corrected chi connectivity index (χ2v) is 4.13. The summed E-state index contributed by atoms with van der Waals surface area (Å²) >= 11 is 0. The molecular formula is C14H8N4O6. The van der Waals surface area contributed by atoms with Crippen molar-refractivity contribution >= 4 is 17.5 Å². The van der Waals surface area contributed by atoms with Gasteiger partial charge in [-0.2, -0.15) is 5.26 Å². The Kier molecular flexibility index (Phi) is 4.99. The van der Waals surface area contributed by atoms with Crippen LogP contribution in [0.1, 0.15) is 0 Å². The molecule has 0 radical (unpaired) electrons. The minimum Gasteiger partial charge on any atom is -0.403 e. The van der Waals surface area contributed by atoms with Crippen LogP contribution in [0.3, 0.4) is 0 Å². The van der Waals surface area contributed by atoms with E-state index in [-0.39, 0.29) is 22.9 Å². The minimum atomic E-state index is -0.690. The van der Waals surface area contributed by atoms with E-state index in [0.29, 0.717) is 0 Å². The molecular weight excluding hydrogens is 320 g/mol. The summed E-state index contributed by atoms with van der Waals surface area (Å²) in [7, 11) is 0. The summed E-state index contributed by atoms with van der Waals surface area (Å²) in [5, 5.41) is 30.6. The van der Waals surface area contributed by atoms with Gasteiger partial charge in [0.15, 0.2) is 0 Å². The van der Waals surface area contributed by atoms with E-state index in [2.05, 4.69) is 4.99 Å². The fourth-order valence-electron chi connectivity index (χ4n) is 1.68. The van der Waals surface area contributed by atoms with Crippen molar-refractivity contribution in [3.8, 4) is 17.7 Å². The largest absolute Gasteiger partial charge is 0.410 e. The van der Waals surface area contributed by atoms with E-state index in [1.165, 1.54) is 54.7 Å². The Morgan fingerprint density at radius 3 is 1.71 bits per heavy atom. The van der Waals surface area contributed by atoms with Gasteiger partial charge >= 0.3 is 17.5 Å². The standard InChI is InChI=1S/C14H8N4O6/c15-9-16-14(23-12-7-3-1-5-10(12)17(19)20)24-13-8-4-2-6-11(13)18(21)22/h1-8H. The molecule has 120 valence electrons. The quantitative estimate of drug-likeness (QED) is 0.276. The first-order valence-electron chi connectivity index (χ1n) is 6.32. The topological polar surface area (TPSA) is 141 Å². The van der Waals surface area contributed by atoms with E-state index in [4.69, 9.17) is 14.7 Å². The third kappa shape index (κ3) is 3.80. The average molecular weight is 328 g/mol. The molecule has 0 aliphatic rings. The fraction of sp³-hybridized carbons (Fsp3) is 0. The lowest BCUT2D eigenvalue weighted by molar-refractivity contribution is -0.385. The van der Waals surface area contributed by atoms with Gasteiger partial charge < -0.3 is 9.47 Å². The molecule has 0 aromatic heterocycles. The number of para-hydroxylation sites is 4. The Morgan fingerprint density at radius 1 is 0.917 bits per heavy atom. The highest BCUT2D eigenvalue weighted by Crippen LogP contribution is 2.29. The second kappa shape index (κ2) is 7.32. The highest BCUT2D eigenvalue weighted by molar-refractivity contribution is 5.76. The number of hydrogen-bond donors (Lipinski definition) is 0. The van der Waals surface area contributed by atoms with Gasteiger partial charge in [-0.05, 0) is 12.1 Å². The average Bonchev–Trinajstić information content (AvgIpc) is 2.55. The van der Waals surface area contributed by atoms with Crippen LogP contribution in [0.15, 0.2) is 53.5 Å². The fourth-order valence-corrected chi connectivity index (χ4v) is 1.68. The lowest BCUT2D eigenvalue weighted by Gasteiger charge is -2.08. The van der Waals surface area contributed by atoms with Crippen molar-refractivity contribution in [1.82, 2.24) is 0 Å². The first-order chi connectivity index (χ1) is 11.5. The van der Waals surface area contributed by atoms with Gasteiger partial charge in [-0.25, -0.2) is 0 Å². The first kappa shape index (κ1) is 16.4. The molecule has 0 bridgehead atoms. The summed E-state index contributed by atoms with van der Waals surface area (Å²) in [4.78, 5) is 23.8. The number of nitro benzene ring substituents is 2. The first-order valence-corrected chi connectivity index (χ1v) is 6.32. The third-order valence-electron chi connectivity index (χ3n) is 2.66. The lowest BCUT2D eigenvalue weighted by atomic mass is 10.3. The molecule has 0 atom stereocenters. The predicted octanol–water partition coefficient (Wildman–Crippen LogP) is 2.80. The second-order valence-electron chi connectivity index (χ2n) is 4.13. The van der Waals surface area contributed by atoms with Crippen molar-refractivity contribution in [2.45, 2.75) is 0 Å². The number of aliphatic imine (C=N–C) groups is 1.